The van der Waals surface area contributed by atoms with E-state index in [1.54, 1.807) is 19.3 Å². The monoisotopic (exact) mass is 273 g/mol. The molecule has 0 aliphatic carbocycles. The van der Waals surface area contributed by atoms with E-state index in [-0.39, 0.29) is 17.5 Å². The van der Waals surface area contributed by atoms with Crippen LogP contribution in [0.1, 0.15) is 45.0 Å². The molecule has 0 saturated carbocycles. The molecule has 0 aliphatic heterocycles. The molecule has 6 heteroatoms. The van der Waals surface area contributed by atoms with E-state index in [0.717, 1.165) is 25.2 Å². The van der Waals surface area contributed by atoms with Crippen LogP contribution in [-0.4, -0.2) is 36.4 Å². The van der Waals surface area contributed by atoms with E-state index in [4.69, 9.17) is 0 Å². The van der Waals surface area contributed by atoms with Crippen LogP contribution in [0.25, 0.3) is 0 Å². The molecular formula is C12H23N3O2S. The number of aromatic nitrogens is 2. The Morgan fingerprint density at radius 2 is 2.22 bits per heavy atom. The maximum atomic E-state index is 11.4. The predicted molar refractivity (Wildman–Crippen MR) is 73.2 cm³/mol. The highest BCUT2D eigenvalue weighted by Gasteiger charge is 2.14. The first-order chi connectivity index (χ1) is 8.59. The fraction of sp³-hybridized carbons (Fsp3) is 0.750. The van der Waals surface area contributed by atoms with Gasteiger partial charge in [0.2, 0.25) is 0 Å². The molecule has 0 aliphatic rings. The maximum absolute atomic E-state index is 11.4. The highest BCUT2D eigenvalue weighted by Crippen LogP contribution is 2.15. The van der Waals surface area contributed by atoms with Gasteiger partial charge >= 0.3 is 0 Å². The Morgan fingerprint density at radius 3 is 2.78 bits per heavy atom. The molecule has 0 radical (unpaired) electrons. The molecule has 1 rings (SSSR count). The minimum atomic E-state index is -2.86. The van der Waals surface area contributed by atoms with Crippen LogP contribution in [-0.2, 0) is 9.84 Å². The van der Waals surface area contributed by atoms with E-state index in [1.165, 1.54) is 0 Å². The lowest BCUT2D eigenvalue weighted by Gasteiger charge is -2.16. The van der Waals surface area contributed by atoms with Gasteiger partial charge in [0.25, 0.3) is 0 Å². The Labute approximate surface area is 109 Å². The van der Waals surface area contributed by atoms with Crippen molar-refractivity contribution in [3.63, 3.8) is 0 Å². The summed E-state index contributed by atoms with van der Waals surface area (Å²) in [5.41, 5.74) is 0. The molecule has 0 bridgehead atoms. The van der Waals surface area contributed by atoms with Crippen molar-refractivity contribution in [2.75, 3.05) is 18.1 Å². The summed E-state index contributed by atoms with van der Waals surface area (Å²) in [5, 5.41) is 3.39. The minimum absolute atomic E-state index is 0.118. The van der Waals surface area contributed by atoms with Crippen LogP contribution in [0.15, 0.2) is 12.4 Å². The van der Waals surface area contributed by atoms with Gasteiger partial charge in [-0.05, 0) is 25.8 Å². The van der Waals surface area contributed by atoms with E-state index in [9.17, 15) is 8.42 Å². The first-order valence-electron chi connectivity index (χ1n) is 6.52. The van der Waals surface area contributed by atoms with Gasteiger partial charge in [-0.1, -0.05) is 13.8 Å². The molecule has 1 unspecified atom stereocenters. The summed E-state index contributed by atoms with van der Waals surface area (Å²) >= 11 is 0. The third-order valence-electron chi connectivity index (χ3n) is 2.88. The SMILES string of the molecule is CCCNC(CCCS(=O)(=O)CC)c1ncc[nH]1. The molecule has 0 amide bonds. The maximum Gasteiger partial charge on any atom is 0.150 e. The van der Waals surface area contributed by atoms with Crippen molar-refractivity contribution in [2.45, 2.75) is 39.2 Å². The molecule has 1 atom stereocenters. The summed E-state index contributed by atoms with van der Waals surface area (Å²) in [7, 11) is -2.86. The van der Waals surface area contributed by atoms with Crippen molar-refractivity contribution in [2.24, 2.45) is 0 Å². The largest absolute Gasteiger partial charge is 0.347 e. The summed E-state index contributed by atoms with van der Waals surface area (Å²) in [5.74, 6) is 1.37. The summed E-state index contributed by atoms with van der Waals surface area (Å²) in [4.78, 5) is 7.32. The summed E-state index contributed by atoms with van der Waals surface area (Å²) in [6.45, 7) is 4.70. The lowest BCUT2D eigenvalue weighted by molar-refractivity contribution is 0.474. The van der Waals surface area contributed by atoms with Crippen molar-refractivity contribution in [1.29, 1.82) is 0 Å². The second kappa shape index (κ2) is 7.53. The van der Waals surface area contributed by atoms with Crippen LogP contribution < -0.4 is 5.32 Å². The zero-order valence-electron chi connectivity index (χ0n) is 11.1. The van der Waals surface area contributed by atoms with Gasteiger partial charge in [0.05, 0.1) is 11.8 Å². The number of nitrogens with one attached hydrogen (secondary N) is 2. The number of nitrogens with zero attached hydrogens (tertiary/aromatic N) is 1. The van der Waals surface area contributed by atoms with Crippen molar-refractivity contribution in [1.82, 2.24) is 15.3 Å². The quantitative estimate of drug-likeness (QED) is 0.717. The number of H-pyrrole nitrogens is 1. The van der Waals surface area contributed by atoms with Gasteiger partial charge in [-0.25, -0.2) is 13.4 Å². The topological polar surface area (TPSA) is 74.8 Å². The van der Waals surface area contributed by atoms with Gasteiger partial charge < -0.3 is 10.3 Å². The fourth-order valence-corrected chi connectivity index (χ4v) is 2.67. The molecule has 0 aromatic carbocycles. The molecule has 0 fully saturated rings. The Balaban J connectivity index is 2.47. The van der Waals surface area contributed by atoms with E-state index >= 15 is 0 Å². The highest BCUT2D eigenvalue weighted by molar-refractivity contribution is 7.91. The lowest BCUT2D eigenvalue weighted by Crippen LogP contribution is -2.24. The zero-order valence-corrected chi connectivity index (χ0v) is 12.0. The normalized spacial score (nSPS) is 13.7. The molecule has 5 nitrogen and oxygen atoms in total. The van der Waals surface area contributed by atoms with Crippen molar-refractivity contribution in [3.05, 3.63) is 18.2 Å². The Bertz CT molecular complexity index is 415. The summed E-state index contributed by atoms with van der Waals surface area (Å²) < 4.78 is 22.9. The standard InChI is InChI=1S/C12H23N3O2S/c1-3-7-13-11(12-14-8-9-15-12)6-5-10-18(16,17)4-2/h8-9,11,13H,3-7,10H2,1-2H3,(H,14,15). The van der Waals surface area contributed by atoms with E-state index in [0.29, 0.717) is 6.42 Å². The van der Waals surface area contributed by atoms with Gasteiger partial charge in [0, 0.05) is 18.1 Å². The van der Waals surface area contributed by atoms with Crippen LogP contribution in [0.2, 0.25) is 0 Å². The summed E-state index contributed by atoms with van der Waals surface area (Å²) in [6.07, 6.45) is 6.01. The van der Waals surface area contributed by atoms with E-state index < -0.39 is 9.84 Å². The second-order valence-electron chi connectivity index (χ2n) is 4.36. The van der Waals surface area contributed by atoms with Gasteiger partial charge in [0.15, 0.2) is 0 Å². The van der Waals surface area contributed by atoms with Gasteiger partial charge in [0.1, 0.15) is 15.7 Å². The predicted octanol–water partition coefficient (Wildman–Crippen LogP) is 1.67. The summed E-state index contributed by atoms with van der Waals surface area (Å²) in [6, 6.07) is 0.118. The van der Waals surface area contributed by atoms with Crippen molar-refractivity contribution >= 4 is 9.84 Å². The molecule has 1 aromatic rings. The van der Waals surface area contributed by atoms with Gasteiger partial charge in [-0.3, -0.25) is 0 Å². The van der Waals surface area contributed by atoms with Gasteiger partial charge in [-0.2, -0.15) is 0 Å². The number of rotatable bonds is 9. The third kappa shape index (κ3) is 5.18. The fourth-order valence-electron chi connectivity index (χ4n) is 1.77. The second-order valence-corrected chi connectivity index (χ2v) is 6.83. The van der Waals surface area contributed by atoms with Crippen molar-refractivity contribution < 1.29 is 8.42 Å². The first-order valence-corrected chi connectivity index (χ1v) is 8.34. The molecule has 18 heavy (non-hydrogen) atoms. The van der Waals surface area contributed by atoms with Crippen LogP contribution in [0.4, 0.5) is 0 Å². The molecule has 2 N–H and O–H groups in total. The third-order valence-corrected chi connectivity index (χ3v) is 4.67. The van der Waals surface area contributed by atoms with E-state index in [1.807, 2.05) is 0 Å². The average Bonchev–Trinajstić information content (AvgIpc) is 2.87. The molecule has 104 valence electrons. The van der Waals surface area contributed by atoms with Gasteiger partial charge in [-0.15, -0.1) is 0 Å². The molecule has 0 saturated heterocycles. The number of aromatic amines is 1. The number of sulfone groups is 1. The smallest absolute Gasteiger partial charge is 0.150 e. The average molecular weight is 273 g/mol. The highest BCUT2D eigenvalue weighted by atomic mass is 32.2. The minimum Gasteiger partial charge on any atom is -0.347 e. The Morgan fingerprint density at radius 1 is 1.44 bits per heavy atom. The molecule has 0 spiro atoms. The molecule has 1 aromatic heterocycles. The Hall–Kier alpha value is -0.880. The lowest BCUT2D eigenvalue weighted by atomic mass is 10.1. The first kappa shape index (κ1) is 15.2. The van der Waals surface area contributed by atoms with Crippen LogP contribution in [0.3, 0.4) is 0 Å². The van der Waals surface area contributed by atoms with Crippen molar-refractivity contribution in [3.8, 4) is 0 Å². The van der Waals surface area contributed by atoms with Crippen LogP contribution in [0, 0.1) is 0 Å². The van der Waals surface area contributed by atoms with Crippen LogP contribution >= 0.6 is 0 Å². The molecular weight excluding hydrogens is 250 g/mol. The number of hydrogen-bond acceptors (Lipinski definition) is 4. The number of imidazole rings is 1. The van der Waals surface area contributed by atoms with Crippen LogP contribution in [0.5, 0.6) is 0 Å². The Kier molecular flexibility index (Phi) is 6.35. The molecule has 1 heterocycles. The van der Waals surface area contributed by atoms with E-state index in [2.05, 4.69) is 22.2 Å². The zero-order chi connectivity index (χ0) is 13.4. The number of hydrogen-bond donors (Lipinski definition) is 2.